The molecule has 70 valence electrons. The molecule has 0 nitrogen and oxygen atoms in total. The van der Waals surface area contributed by atoms with Crippen LogP contribution in [0.1, 0.15) is 24.8 Å². The molecule has 0 heterocycles. The van der Waals surface area contributed by atoms with Crippen LogP contribution in [0.2, 0.25) is 0 Å². The molecule has 0 atom stereocenters. The van der Waals surface area contributed by atoms with Gasteiger partial charge in [0.1, 0.15) is 0 Å². The number of benzene rings is 1. The summed E-state index contributed by atoms with van der Waals surface area (Å²) < 4.78 is 1.27. The molecule has 0 bridgehead atoms. The summed E-state index contributed by atoms with van der Waals surface area (Å²) in [5, 5.41) is 0. The van der Waals surface area contributed by atoms with Gasteiger partial charge in [0.15, 0.2) is 0 Å². The number of hydrogen-bond acceptors (Lipinski definition) is 0. The highest BCUT2D eigenvalue weighted by molar-refractivity contribution is 14.1. The van der Waals surface area contributed by atoms with Crippen molar-refractivity contribution in [1.29, 1.82) is 0 Å². The second kappa shape index (κ2) is 7.13. The normalized spacial score (nSPS) is 10.8. The number of alkyl halides is 1. The van der Waals surface area contributed by atoms with E-state index in [1.807, 2.05) is 6.07 Å². The summed E-state index contributed by atoms with van der Waals surface area (Å²) in [5.41, 5.74) is 1.30. The summed E-state index contributed by atoms with van der Waals surface area (Å²) >= 11 is 2.43. The maximum atomic E-state index is 2.43. The molecule has 0 aliphatic carbocycles. The summed E-state index contributed by atoms with van der Waals surface area (Å²) in [5.74, 6) is 0. The Morgan fingerprint density at radius 3 is 2.54 bits per heavy atom. The van der Waals surface area contributed by atoms with Gasteiger partial charge < -0.3 is 0 Å². The summed E-state index contributed by atoms with van der Waals surface area (Å²) in [4.78, 5) is 0. The second-order valence-corrected chi connectivity index (χ2v) is 4.08. The van der Waals surface area contributed by atoms with Crippen molar-refractivity contribution < 1.29 is 0 Å². The molecule has 0 radical (unpaired) electrons. The van der Waals surface area contributed by atoms with Crippen LogP contribution in [-0.2, 0) is 0 Å². The van der Waals surface area contributed by atoms with Gasteiger partial charge in [-0.05, 0) is 29.3 Å². The topological polar surface area (TPSA) is 0 Å². The van der Waals surface area contributed by atoms with Gasteiger partial charge in [0.25, 0.3) is 0 Å². The van der Waals surface area contributed by atoms with Crippen molar-refractivity contribution in [2.45, 2.75) is 19.3 Å². The van der Waals surface area contributed by atoms with E-state index >= 15 is 0 Å². The molecule has 0 aromatic heterocycles. The molecule has 0 saturated carbocycles. The van der Waals surface area contributed by atoms with E-state index in [2.05, 4.69) is 59.0 Å². The molecule has 0 spiro atoms. The Bertz CT molecular complexity index is 239. The van der Waals surface area contributed by atoms with Crippen LogP contribution in [0.15, 0.2) is 36.4 Å². The minimum Gasteiger partial charge on any atom is -0.0864 e. The maximum absolute atomic E-state index is 2.43. The SMILES string of the molecule is ICCCCC=Cc1ccccc1. The maximum Gasteiger partial charge on any atom is -0.000462 e. The molecule has 0 saturated heterocycles. The molecule has 0 unspecified atom stereocenters. The Hall–Kier alpha value is -0.310. The lowest BCUT2D eigenvalue weighted by atomic mass is 10.2. The predicted octanol–water partition coefficient (Wildman–Crippen LogP) is 4.31. The third kappa shape index (κ3) is 5.09. The Labute approximate surface area is 94.2 Å². The highest BCUT2D eigenvalue weighted by Crippen LogP contribution is 2.04. The third-order valence-electron chi connectivity index (χ3n) is 1.86. The minimum absolute atomic E-state index is 1.21. The summed E-state index contributed by atoms with van der Waals surface area (Å²) in [6.07, 6.45) is 8.32. The van der Waals surface area contributed by atoms with Crippen LogP contribution in [0.3, 0.4) is 0 Å². The number of unbranched alkanes of at least 4 members (excludes halogenated alkanes) is 2. The van der Waals surface area contributed by atoms with Gasteiger partial charge in [-0.2, -0.15) is 0 Å². The first-order valence-electron chi connectivity index (χ1n) is 4.71. The van der Waals surface area contributed by atoms with Gasteiger partial charge >= 0.3 is 0 Å². The van der Waals surface area contributed by atoms with Gasteiger partial charge in [0, 0.05) is 0 Å². The molecule has 0 aliphatic heterocycles. The van der Waals surface area contributed by atoms with Crippen molar-refractivity contribution in [3.63, 3.8) is 0 Å². The first-order chi connectivity index (χ1) is 6.43. The number of allylic oxidation sites excluding steroid dienone is 1. The third-order valence-corrected chi connectivity index (χ3v) is 2.63. The molecular formula is C12H15I. The molecule has 0 N–H and O–H groups in total. The quantitative estimate of drug-likeness (QED) is 0.430. The van der Waals surface area contributed by atoms with E-state index in [9.17, 15) is 0 Å². The lowest BCUT2D eigenvalue weighted by Gasteiger charge is -1.92. The van der Waals surface area contributed by atoms with Crippen molar-refractivity contribution in [2.24, 2.45) is 0 Å². The summed E-state index contributed by atoms with van der Waals surface area (Å²) in [6.45, 7) is 0. The molecule has 0 fully saturated rings. The minimum atomic E-state index is 1.21. The number of hydrogen-bond donors (Lipinski definition) is 0. The van der Waals surface area contributed by atoms with E-state index < -0.39 is 0 Å². The van der Waals surface area contributed by atoms with Crippen molar-refractivity contribution in [3.8, 4) is 0 Å². The molecule has 0 aliphatic rings. The molecular weight excluding hydrogens is 271 g/mol. The van der Waals surface area contributed by atoms with E-state index in [0.717, 1.165) is 0 Å². The predicted molar refractivity (Wildman–Crippen MR) is 68.2 cm³/mol. The summed E-state index contributed by atoms with van der Waals surface area (Å²) in [7, 11) is 0. The Morgan fingerprint density at radius 1 is 1.08 bits per heavy atom. The average Bonchev–Trinajstić information content (AvgIpc) is 2.19. The van der Waals surface area contributed by atoms with E-state index in [0.29, 0.717) is 0 Å². The average molecular weight is 286 g/mol. The van der Waals surface area contributed by atoms with Crippen molar-refractivity contribution in [2.75, 3.05) is 4.43 Å². The zero-order valence-corrected chi connectivity index (χ0v) is 9.91. The Balaban J connectivity index is 2.25. The fourth-order valence-corrected chi connectivity index (χ4v) is 1.68. The number of halogens is 1. The van der Waals surface area contributed by atoms with Crippen molar-refractivity contribution in [1.82, 2.24) is 0 Å². The lowest BCUT2D eigenvalue weighted by Crippen LogP contribution is -1.74. The van der Waals surface area contributed by atoms with Crippen molar-refractivity contribution in [3.05, 3.63) is 42.0 Å². The molecule has 1 heteroatoms. The fraction of sp³-hybridized carbons (Fsp3) is 0.333. The van der Waals surface area contributed by atoms with Gasteiger partial charge in [-0.1, -0.05) is 65.1 Å². The zero-order valence-electron chi connectivity index (χ0n) is 7.75. The first-order valence-corrected chi connectivity index (χ1v) is 6.23. The number of rotatable bonds is 5. The highest BCUT2D eigenvalue weighted by Gasteiger charge is 1.84. The van der Waals surface area contributed by atoms with Crippen LogP contribution in [-0.4, -0.2) is 4.43 Å². The van der Waals surface area contributed by atoms with Gasteiger partial charge in [0.05, 0.1) is 0 Å². The second-order valence-electron chi connectivity index (χ2n) is 3.00. The van der Waals surface area contributed by atoms with E-state index in [1.165, 1.54) is 29.3 Å². The lowest BCUT2D eigenvalue weighted by molar-refractivity contribution is 0.833. The standard InChI is InChI=1S/C12H15I/c13-11-7-2-1-4-8-12-9-5-3-6-10-12/h3-6,8-10H,1-2,7,11H2. The van der Waals surface area contributed by atoms with Gasteiger partial charge in [-0.3, -0.25) is 0 Å². The zero-order chi connectivity index (χ0) is 9.36. The van der Waals surface area contributed by atoms with Crippen LogP contribution in [0.5, 0.6) is 0 Å². The monoisotopic (exact) mass is 286 g/mol. The van der Waals surface area contributed by atoms with E-state index in [1.54, 1.807) is 0 Å². The molecule has 13 heavy (non-hydrogen) atoms. The smallest absolute Gasteiger partial charge is 0.000462 e. The first kappa shape index (κ1) is 10.8. The molecule has 1 aromatic rings. The fourth-order valence-electron chi connectivity index (χ4n) is 1.14. The molecule has 1 rings (SSSR count). The van der Waals surface area contributed by atoms with Gasteiger partial charge in [-0.25, -0.2) is 0 Å². The van der Waals surface area contributed by atoms with Crippen molar-refractivity contribution >= 4 is 28.7 Å². The van der Waals surface area contributed by atoms with Crippen LogP contribution in [0, 0.1) is 0 Å². The van der Waals surface area contributed by atoms with Crippen LogP contribution in [0.4, 0.5) is 0 Å². The molecule has 1 aromatic carbocycles. The Kier molecular flexibility index (Phi) is 5.90. The van der Waals surface area contributed by atoms with E-state index in [4.69, 9.17) is 0 Å². The van der Waals surface area contributed by atoms with E-state index in [-0.39, 0.29) is 0 Å². The largest absolute Gasteiger partial charge is 0.0864 e. The van der Waals surface area contributed by atoms with Gasteiger partial charge in [-0.15, -0.1) is 0 Å². The van der Waals surface area contributed by atoms with Crippen LogP contribution < -0.4 is 0 Å². The molecule has 0 amide bonds. The van der Waals surface area contributed by atoms with Crippen LogP contribution in [0.25, 0.3) is 6.08 Å². The van der Waals surface area contributed by atoms with Crippen LogP contribution >= 0.6 is 22.6 Å². The highest BCUT2D eigenvalue weighted by atomic mass is 127. The summed E-state index contributed by atoms with van der Waals surface area (Å²) in [6, 6.07) is 10.5. The Morgan fingerprint density at radius 2 is 1.85 bits per heavy atom. The van der Waals surface area contributed by atoms with Gasteiger partial charge in [0.2, 0.25) is 0 Å².